The predicted molar refractivity (Wildman–Crippen MR) is 125 cm³/mol. The van der Waals surface area contributed by atoms with Crippen molar-refractivity contribution in [2.45, 2.75) is 12.2 Å². The topological polar surface area (TPSA) is 114 Å². The molecule has 4 aromatic rings. The molecule has 5 rings (SSSR count). The van der Waals surface area contributed by atoms with E-state index in [9.17, 15) is 32.4 Å². The standard InChI is InChI=1S/C25H13ClF5N5O2/c1-36-17(8-32)12-7-13(18-14(23(33)37)4-9(5-16(18)28)25(29,30)31)19-20(22(12)35-36)24(38)34-21(19)11-6-10(27)2-3-15(11)26/h2-7,21H,1H3,(H2,33,37)(H,34,38). The van der Waals surface area contributed by atoms with E-state index in [1.54, 1.807) is 0 Å². The fraction of sp³-hybridized carbons (Fsp3) is 0.120. The van der Waals surface area contributed by atoms with E-state index < -0.39 is 52.4 Å². The van der Waals surface area contributed by atoms with E-state index in [1.165, 1.54) is 23.9 Å². The van der Waals surface area contributed by atoms with E-state index >= 15 is 4.39 Å². The van der Waals surface area contributed by atoms with Gasteiger partial charge in [0, 0.05) is 34.1 Å². The Balaban J connectivity index is 1.96. The average Bonchev–Trinajstić information content (AvgIpc) is 3.34. The van der Waals surface area contributed by atoms with Crippen molar-refractivity contribution in [3.8, 4) is 17.2 Å². The molecule has 192 valence electrons. The van der Waals surface area contributed by atoms with Gasteiger partial charge in [-0.1, -0.05) is 11.6 Å². The van der Waals surface area contributed by atoms with Gasteiger partial charge in [0.25, 0.3) is 5.91 Å². The predicted octanol–water partition coefficient (Wildman–Crippen LogP) is 4.99. The molecule has 2 heterocycles. The number of amides is 2. The highest BCUT2D eigenvalue weighted by atomic mass is 35.5. The van der Waals surface area contributed by atoms with Crippen LogP contribution in [0.25, 0.3) is 22.0 Å². The summed E-state index contributed by atoms with van der Waals surface area (Å²) in [6, 6.07) is 5.87. The van der Waals surface area contributed by atoms with Crippen molar-refractivity contribution >= 4 is 34.3 Å². The summed E-state index contributed by atoms with van der Waals surface area (Å²) in [6.45, 7) is 0. The van der Waals surface area contributed by atoms with Crippen LogP contribution >= 0.6 is 11.6 Å². The molecule has 0 aliphatic carbocycles. The highest BCUT2D eigenvalue weighted by molar-refractivity contribution is 6.31. The first kappa shape index (κ1) is 25.2. The van der Waals surface area contributed by atoms with E-state index in [0.717, 1.165) is 12.1 Å². The molecule has 1 aromatic heterocycles. The Morgan fingerprint density at radius 3 is 2.53 bits per heavy atom. The molecule has 3 aromatic carbocycles. The molecule has 1 aliphatic heterocycles. The van der Waals surface area contributed by atoms with Crippen LogP contribution in [-0.4, -0.2) is 21.6 Å². The summed E-state index contributed by atoms with van der Waals surface area (Å²) in [5.41, 5.74) is 2.12. The molecule has 7 nitrogen and oxygen atoms in total. The van der Waals surface area contributed by atoms with Gasteiger partial charge >= 0.3 is 6.18 Å². The number of aryl methyl sites for hydroxylation is 1. The minimum absolute atomic E-state index is 0.0253. The molecule has 3 N–H and O–H groups in total. The highest BCUT2D eigenvalue weighted by Crippen LogP contribution is 2.46. The number of nitrogens with one attached hydrogen (secondary N) is 1. The van der Waals surface area contributed by atoms with Gasteiger partial charge < -0.3 is 11.1 Å². The van der Waals surface area contributed by atoms with Gasteiger partial charge in [-0.3, -0.25) is 14.3 Å². The number of nitriles is 1. The lowest BCUT2D eigenvalue weighted by Gasteiger charge is -2.20. The molecule has 0 saturated heterocycles. The van der Waals surface area contributed by atoms with Crippen LogP contribution in [0.4, 0.5) is 22.0 Å². The third kappa shape index (κ3) is 3.74. The molecule has 13 heteroatoms. The summed E-state index contributed by atoms with van der Waals surface area (Å²) < 4.78 is 71.2. The van der Waals surface area contributed by atoms with Crippen LogP contribution in [0, 0.1) is 23.0 Å². The largest absolute Gasteiger partial charge is 0.416 e. The number of fused-ring (bicyclic) bond motifs is 3. The second kappa shape index (κ2) is 8.53. The van der Waals surface area contributed by atoms with E-state index in [0.29, 0.717) is 6.07 Å². The monoisotopic (exact) mass is 545 g/mol. The van der Waals surface area contributed by atoms with Crippen molar-refractivity contribution < 1.29 is 31.5 Å². The van der Waals surface area contributed by atoms with Crippen LogP contribution in [0.2, 0.25) is 5.02 Å². The van der Waals surface area contributed by atoms with Crippen LogP contribution in [0.15, 0.2) is 36.4 Å². The molecule has 0 saturated carbocycles. The Kier molecular flexibility index (Phi) is 5.65. The Hall–Kier alpha value is -4.50. The second-order valence-corrected chi connectivity index (χ2v) is 8.92. The zero-order chi connectivity index (χ0) is 27.7. The summed E-state index contributed by atoms with van der Waals surface area (Å²) >= 11 is 6.29. The molecular formula is C25H13ClF5N5O2. The van der Waals surface area contributed by atoms with E-state index in [-0.39, 0.29) is 49.9 Å². The number of hydrogen-bond donors (Lipinski definition) is 2. The maximum Gasteiger partial charge on any atom is 0.416 e. The maximum absolute atomic E-state index is 15.5. The minimum atomic E-state index is -5.00. The third-order valence-corrected chi connectivity index (χ3v) is 6.63. The molecule has 0 fully saturated rings. The first-order chi connectivity index (χ1) is 17.8. The van der Waals surface area contributed by atoms with Crippen LogP contribution < -0.4 is 11.1 Å². The number of carbonyl (C=O) groups is 2. The van der Waals surface area contributed by atoms with E-state index in [1.807, 2.05) is 6.07 Å². The summed E-state index contributed by atoms with van der Waals surface area (Å²) in [5, 5.41) is 16.6. The number of halogens is 6. The van der Waals surface area contributed by atoms with Gasteiger partial charge in [0.15, 0.2) is 0 Å². The normalized spacial score (nSPS) is 14.9. The SMILES string of the molecule is Cn1nc2c3c(c(-c4c(F)cc(C(F)(F)F)cc4C(N)=O)cc2c1C#N)C(c1cc(F)ccc1Cl)NC3=O. The zero-order valence-corrected chi connectivity index (χ0v) is 19.8. The van der Waals surface area contributed by atoms with Gasteiger partial charge in [-0.15, -0.1) is 0 Å². The van der Waals surface area contributed by atoms with Gasteiger partial charge in [-0.25, -0.2) is 8.78 Å². The Morgan fingerprint density at radius 2 is 1.89 bits per heavy atom. The van der Waals surface area contributed by atoms with Gasteiger partial charge in [-0.05, 0) is 42.0 Å². The van der Waals surface area contributed by atoms with Crippen molar-refractivity contribution in [2.75, 3.05) is 0 Å². The molecule has 0 spiro atoms. The molecule has 1 atom stereocenters. The van der Waals surface area contributed by atoms with Crippen LogP contribution in [-0.2, 0) is 13.2 Å². The number of rotatable bonds is 3. The quantitative estimate of drug-likeness (QED) is 0.353. The summed E-state index contributed by atoms with van der Waals surface area (Å²) in [6.07, 6.45) is -5.00. The molecule has 0 bridgehead atoms. The van der Waals surface area contributed by atoms with Crippen molar-refractivity contribution in [3.05, 3.63) is 86.6 Å². The smallest absolute Gasteiger partial charge is 0.366 e. The lowest BCUT2D eigenvalue weighted by molar-refractivity contribution is -0.137. The first-order valence-corrected chi connectivity index (χ1v) is 11.1. The number of nitrogens with zero attached hydrogens (tertiary/aromatic N) is 3. The Labute approximate surface area is 215 Å². The maximum atomic E-state index is 15.5. The van der Waals surface area contributed by atoms with Crippen LogP contribution in [0.1, 0.15) is 49.1 Å². The van der Waals surface area contributed by atoms with Crippen molar-refractivity contribution in [1.29, 1.82) is 5.26 Å². The van der Waals surface area contributed by atoms with Gasteiger partial charge in [0.1, 0.15) is 28.9 Å². The number of hydrogen-bond acceptors (Lipinski definition) is 4. The second-order valence-electron chi connectivity index (χ2n) is 8.51. The molecular weight excluding hydrogens is 533 g/mol. The molecule has 1 unspecified atom stereocenters. The highest BCUT2D eigenvalue weighted by Gasteiger charge is 2.40. The summed E-state index contributed by atoms with van der Waals surface area (Å²) in [5.74, 6) is -4.28. The number of primary amides is 1. The third-order valence-electron chi connectivity index (χ3n) is 6.29. The van der Waals surface area contributed by atoms with Crippen LogP contribution in [0.3, 0.4) is 0 Å². The lowest BCUT2D eigenvalue weighted by atomic mass is 9.85. The van der Waals surface area contributed by atoms with Crippen LogP contribution in [0.5, 0.6) is 0 Å². The van der Waals surface area contributed by atoms with Gasteiger partial charge in [0.05, 0.1) is 22.7 Å². The molecule has 2 amide bonds. The van der Waals surface area contributed by atoms with Gasteiger partial charge in [-0.2, -0.15) is 23.5 Å². The zero-order valence-electron chi connectivity index (χ0n) is 19.0. The fourth-order valence-electron chi connectivity index (χ4n) is 4.70. The summed E-state index contributed by atoms with van der Waals surface area (Å²) in [4.78, 5) is 25.5. The molecule has 38 heavy (non-hydrogen) atoms. The number of carbonyl (C=O) groups excluding carboxylic acids is 2. The Morgan fingerprint density at radius 1 is 1.18 bits per heavy atom. The number of alkyl halides is 3. The molecule has 1 aliphatic rings. The van der Waals surface area contributed by atoms with Crippen molar-refractivity contribution in [3.63, 3.8) is 0 Å². The van der Waals surface area contributed by atoms with Gasteiger partial charge in [0.2, 0.25) is 5.91 Å². The first-order valence-electron chi connectivity index (χ1n) is 10.7. The average molecular weight is 546 g/mol. The fourth-order valence-corrected chi connectivity index (χ4v) is 4.92. The minimum Gasteiger partial charge on any atom is -0.366 e. The van der Waals surface area contributed by atoms with E-state index in [4.69, 9.17) is 17.3 Å². The van der Waals surface area contributed by atoms with Crippen molar-refractivity contribution in [2.24, 2.45) is 12.8 Å². The number of nitrogens with two attached hydrogens (primary N) is 1. The number of aromatic nitrogens is 2. The molecule has 0 radical (unpaired) electrons. The van der Waals surface area contributed by atoms with Crippen molar-refractivity contribution in [1.82, 2.24) is 15.1 Å². The summed E-state index contributed by atoms with van der Waals surface area (Å²) in [7, 11) is 1.42. The Bertz CT molecular complexity index is 1760. The number of benzene rings is 3. The van der Waals surface area contributed by atoms with E-state index in [2.05, 4.69) is 10.4 Å². The lowest BCUT2D eigenvalue weighted by Crippen LogP contribution is -2.21.